The van der Waals surface area contributed by atoms with Crippen LogP contribution in [0.4, 0.5) is 4.79 Å². The van der Waals surface area contributed by atoms with Crippen LogP contribution in [0, 0.1) is 0 Å². The van der Waals surface area contributed by atoms with Crippen molar-refractivity contribution in [2.24, 2.45) is 5.73 Å². The highest BCUT2D eigenvalue weighted by molar-refractivity contribution is 5.71. The van der Waals surface area contributed by atoms with Gasteiger partial charge in [0.25, 0.3) is 0 Å². The van der Waals surface area contributed by atoms with Crippen LogP contribution in [-0.4, -0.2) is 36.4 Å². The molecule has 3 N–H and O–H groups in total. The maximum atomic E-state index is 11.0. The summed E-state index contributed by atoms with van der Waals surface area (Å²) in [6, 6.07) is 0. The highest BCUT2D eigenvalue weighted by Gasteiger charge is 2.15. The van der Waals surface area contributed by atoms with Crippen LogP contribution >= 0.6 is 0 Å². The molecule has 0 aliphatic carbocycles. The Balaban J connectivity index is 0. The molecule has 1 amide bonds. The first-order valence-electron chi connectivity index (χ1n) is 7.30. The smallest absolute Gasteiger partial charge is 0.407 e. The molecule has 0 radical (unpaired) electrons. The topological polar surface area (TPSA) is 90.6 Å². The molecule has 126 valence electrons. The lowest BCUT2D eigenvalue weighted by molar-refractivity contribution is -0.152. The summed E-state index contributed by atoms with van der Waals surface area (Å²) < 4.78 is 9.86. The number of ether oxygens (including phenoxy) is 2. The Bertz CT molecular complexity index is 304. The second-order valence-corrected chi connectivity index (χ2v) is 6.57. The third-order valence-corrected chi connectivity index (χ3v) is 1.79. The van der Waals surface area contributed by atoms with Crippen molar-refractivity contribution in [3.8, 4) is 0 Å². The number of amides is 1. The van der Waals surface area contributed by atoms with E-state index < -0.39 is 11.2 Å². The van der Waals surface area contributed by atoms with Crippen molar-refractivity contribution < 1.29 is 19.1 Å². The fourth-order valence-corrected chi connectivity index (χ4v) is 1.06. The van der Waals surface area contributed by atoms with Crippen molar-refractivity contribution in [3.63, 3.8) is 0 Å². The van der Waals surface area contributed by atoms with Crippen molar-refractivity contribution in [2.45, 2.75) is 72.5 Å². The van der Waals surface area contributed by atoms with Gasteiger partial charge in [-0.15, -0.1) is 0 Å². The predicted molar refractivity (Wildman–Crippen MR) is 84.0 cm³/mol. The van der Waals surface area contributed by atoms with Crippen LogP contribution in [0.2, 0.25) is 0 Å². The van der Waals surface area contributed by atoms with Gasteiger partial charge in [0.15, 0.2) is 0 Å². The lowest BCUT2D eigenvalue weighted by Crippen LogP contribution is -2.32. The van der Waals surface area contributed by atoms with E-state index in [4.69, 9.17) is 15.2 Å². The van der Waals surface area contributed by atoms with E-state index in [1.807, 2.05) is 20.8 Å². The number of rotatable bonds is 4. The van der Waals surface area contributed by atoms with Crippen LogP contribution < -0.4 is 11.1 Å². The molecule has 0 saturated carbocycles. The summed E-state index contributed by atoms with van der Waals surface area (Å²) >= 11 is 0. The van der Waals surface area contributed by atoms with Gasteiger partial charge in [-0.25, -0.2) is 4.79 Å². The van der Waals surface area contributed by atoms with Gasteiger partial charge in [-0.2, -0.15) is 0 Å². The molecule has 0 aliphatic rings. The number of esters is 1. The van der Waals surface area contributed by atoms with Crippen molar-refractivity contribution >= 4 is 12.1 Å². The first kappa shape index (κ1) is 22.0. The monoisotopic (exact) mass is 304 g/mol. The van der Waals surface area contributed by atoms with E-state index in [0.29, 0.717) is 6.54 Å². The molecule has 21 heavy (non-hydrogen) atoms. The van der Waals surface area contributed by atoms with E-state index in [0.717, 1.165) is 12.8 Å². The molecule has 0 fully saturated rings. The van der Waals surface area contributed by atoms with Crippen molar-refractivity contribution in [1.82, 2.24) is 5.32 Å². The molecule has 6 nitrogen and oxygen atoms in total. The van der Waals surface area contributed by atoms with Crippen LogP contribution in [0.5, 0.6) is 0 Å². The Morgan fingerprint density at radius 2 is 1.48 bits per heavy atom. The largest absolute Gasteiger partial charge is 0.459 e. The van der Waals surface area contributed by atoms with E-state index in [1.165, 1.54) is 0 Å². The number of carbonyl (C=O) groups is 2. The molecular weight excluding hydrogens is 272 g/mol. The van der Waals surface area contributed by atoms with Gasteiger partial charge in [-0.05, 0) is 48.0 Å². The molecule has 0 saturated heterocycles. The minimum Gasteiger partial charge on any atom is -0.459 e. The molecule has 0 aromatic carbocycles. The van der Waals surface area contributed by atoms with Crippen LogP contribution in [-0.2, 0) is 14.3 Å². The van der Waals surface area contributed by atoms with Gasteiger partial charge in [-0.1, -0.05) is 13.3 Å². The maximum absolute atomic E-state index is 11.0. The predicted octanol–water partition coefficient (Wildman–Crippen LogP) is 2.60. The molecule has 0 bridgehead atoms. The quantitative estimate of drug-likeness (QED) is 0.615. The zero-order valence-electron chi connectivity index (χ0n) is 14.5. The normalized spacial score (nSPS) is 11.0. The van der Waals surface area contributed by atoms with Gasteiger partial charge < -0.3 is 20.5 Å². The lowest BCUT2D eigenvalue weighted by Gasteiger charge is -2.19. The maximum Gasteiger partial charge on any atom is 0.407 e. The van der Waals surface area contributed by atoms with Gasteiger partial charge in [0.05, 0.1) is 6.54 Å². The fourth-order valence-electron chi connectivity index (χ4n) is 1.06. The number of nitrogens with two attached hydrogens (primary N) is 1. The SMILES string of the molecule is CC(C)(C)OC(=O)CN.CCCCNC(=O)OC(C)(C)C. The van der Waals surface area contributed by atoms with Crippen LogP contribution in [0.25, 0.3) is 0 Å². The standard InChI is InChI=1S/C9H19NO2.C6H13NO2/c1-5-6-7-10-8(11)12-9(2,3)4;1-6(2,3)9-5(8)4-7/h5-7H2,1-4H3,(H,10,11);4,7H2,1-3H3. The summed E-state index contributed by atoms with van der Waals surface area (Å²) in [5, 5.41) is 2.68. The first-order chi connectivity index (χ1) is 9.41. The van der Waals surface area contributed by atoms with Gasteiger partial charge in [0.2, 0.25) is 0 Å². The molecule has 0 aromatic rings. The Hall–Kier alpha value is -1.30. The van der Waals surface area contributed by atoms with Gasteiger partial charge >= 0.3 is 12.1 Å². The van der Waals surface area contributed by atoms with Crippen molar-refractivity contribution in [1.29, 1.82) is 0 Å². The summed E-state index contributed by atoms with van der Waals surface area (Å²) in [7, 11) is 0. The lowest BCUT2D eigenvalue weighted by atomic mass is 10.2. The summed E-state index contributed by atoms with van der Waals surface area (Å²) in [6.45, 7) is 13.7. The van der Waals surface area contributed by atoms with E-state index >= 15 is 0 Å². The van der Waals surface area contributed by atoms with E-state index in [9.17, 15) is 9.59 Å². The molecule has 0 spiro atoms. The minimum atomic E-state index is -0.406. The average Bonchev–Trinajstić information content (AvgIpc) is 2.25. The molecule has 0 rings (SSSR count). The summed E-state index contributed by atoms with van der Waals surface area (Å²) in [5.74, 6) is -0.359. The molecular formula is C15H32N2O4. The first-order valence-corrected chi connectivity index (χ1v) is 7.30. The second kappa shape index (κ2) is 10.4. The Kier molecular flexibility index (Phi) is 10.9. The number of alkyl carbamates (subject to hydrolysis) is 1. The number of nitrogens with one attached hydrogen (secondary N) is 1. The zero-order chi connectivity index (χ0) is 17.1. The molecule has 6 heteroatoms. The minimum absolute atomic E-state index is 0.0444. The molecule has 0 atom stereocenters. The van der Waals surface area contributed by atoms with Crippen molar-refractivity contribution in [2.75, 3.05) is 13.1 Å². The van der Waals surface area contributed by atoms with Crippen molar-refractivity contribution in [3.05, 3.63) is 0 Å². The summed E-state index contributed by atoms with van der Waals surface area (Å²) in [6.07, 6.45) is 1.76. The summed E-state index contributed by atoms with van der Waals surface area (Å²) in [4.78, 5) is 21.5. The Morgan fingerprint density at radius 1 is 1.00 bits per heavy atom. The fraction of sp³-hybridized carbons (Fsp3) is 0.867. The molecule has 0 heterocycles. The third-order valence-electron chi connectivity index (χ3n) is 1.79. The van der Waals surface area contributed by atoms with Gasteiger partial charge in [0, 0.05) is 6.54 Å². The van der Waals surface area contributed by atoms with E-state index in [2.05, 4.69) is 12.2 Å². The molecule has 0 unspecified atom stereocenters. The van der Waals surface area contributed by atoms with Gasteiger partial charge in [-0.3, -0.25) is 4.79 Å². The van der Waals surface area contributed by atoms with Gasteiger partial charge in [0.1, 0.15) is 11.2 Å². The molecule has 0 aromatic heterocycles. The second-order valence-electron chi connectivity index (χ2n) is 6.57. The highest BCUT2D eigenvalue weighted by Crippen LogP contribution is 2.06. The van der Waals surface area contributed by atoms with Crippen LogP contribution in [0.1, 0.15) is 61.3 Å². The van der Waals surface area contributed by atoms with Crippen LogP contribution in [0.3, 0.4) is 0 Å². The summed E-state index contributed by atoms with van der Waals surface area (Å²) in [5.41, 5.74) is 4.21. The van der Waals surface area contributed by atoms with E-state index in [1.54, 1.807) is 20.8 Å². The third kappa shape index (κ3) is 21.2. The highest BCUT2D eigenvalue weighted by atomic mass is 16.6. The van der Waals surface area contributed by atoms with E-state index in [-0.39, 0.29) is 18.6 Å². The van der Waals surface area contributed by atoms with Crippen LogP contribution in [0.15, 0.2) is 0 Å². The Labute approximate surface area is 128 Å². The average molecular weight is 304 g/mol. The molecule has 0 aliphatic heterocycles. The zero-order valence-corrected chi connectivity index (χ0v) is 14.5. The number of hydrogen-bond acceptors (Lipinski definition) is 5. The number of unbranched alkanes of at least 4 members (excludes halogenated alkanes) is 1. The number of hydrogen-bond donors (Lipinski definition) is 2. The number of carbonyl (C=O) groups excluding carboxylic acids is 2. The Morgan fingerprint density at radius 3 is 1.76 bits per heavy atom.